The van der Waals surface area contributed by atoms with Crippen LogP contribution in [0.25, 0.3) is 16.5 Å². The number of benzene rings is 1. The third-order valence-corrected chi connectivity index (χ3v) is 4.99. The molecule has 0 fully saturated rings. The molecule has 1 aliphatic rings. The number of anilines is 1. The van der Waals surface area contributed by atoms with Gasteiger partial charge in [0.15, 0.2) is 5.76 Å². The number of urea groups is 1. The number of nitrogens with one attached hydrogen (secondary N) is 2. The molecule has 0 aliphatic carbocycles. The molecule has 0 unspecified atom stereocenters. The van der Waals surface area contributed by atoms with E-state index in [1.165, 1.54) is 4.90 Å². The second kappa shape index (κ2) is 7.46. The summed E-state index contributed by atoms with van der Waals surface area (Å²) in [5.41, 5.74) is 4.08. The molecule has 0 spiro atoms. The van der Waals surface area contributed by atoms with E-state index in [1.807, 2.05) is 24.3 Å². The fourth-order valence-electron chi connectivity index (χ4n) is 3.57. The lowest BCUT2D eigenvalue weighted by Gasteiger charge is -2.18. The normalized spacial score (nSPS) is 13.6. The van der Waals surface area contributed by atoms with Crippen LogP contribution in [0.2, 0.25) is 0 Å². The zero-order chi connectivity index (χ0) is 20.5. The van der Waals surface area contributed by atoms with E-state index in [4.69, 9.17) is 9.26 Å². The number of aromatic nitrogens is 2. The first-order valence-electron chi connectivity index (χ1n) is 9.49. The maximum absolute atomic E-state index is 12.9. The van der Waals surface area contributed by atoms with Crippen LogP contribution in [0.3, 0.4) is 0 Å². The van der Waals surface area contributed by atoms with Crippen LogP contribution in [-0.4, -0.2) is 40.2 Å². The summed E-state index contributed by atoms with van der Waals surface area (Å²) in [6.07, 6.45) is 2.14. The lowest BCUT2D eigenvalue weighted by Crippen LogP contribution is -2.32. The van der Waals surface area contributed by atoms with Crippen LogP contribution in [0.5, 0.6) is 0 Å². The number of aromatic amines is 1. The number of esters is 1. The van der Waals surface area contributed by atoms with Gasteiger partial charge in [0.05, 0.1) is 17.9 Å². The summed E-state index contributed by atoms with van der Waals surface area (Å²) in [7, 11) is 0. The summed E-state index contributed by atoms with van der Waals surface area (Å²) in [6, 6.07) is 7.50. The molecule has 2 N–H and O–H groups in total. The number of fused-ring (bicyclic) bond motifs is 3. The predicted molar refractivity (Wildman–Crippen MR) is 108 cm³/mol. The summed E-state index contributed by atoms with van der Waals surface area (Å²) in [4.78, 5) is 30.4. The van der Waals surface area contributed by atoms with Crippen LogP contribution in [0, 0.1) is 13.8 Å². The van der Waals surface area contributed by atoms with Crippen molar-refractivity contribution in [3.63, 3.8) is 0 Å². The number of aryl methyl sites for hydroxylation is 2. The molecular weight excluding hydrogens is 372 g/mol. The zero-order valence-corrected chi connectivity index (χ0v) is 16.5. The van der Waals surface area contributed by atoms with Gasteiger partial charge < -0.3 is 19.6 Å². The van der Waals surface area contributed by atoms with Crippen molar-refractivity contribution in [1.82, 2.24) is 15.0 Å². The van der Waals surface area contributed by atoms with E-state index in [0.29, 0.717) is 41.4 Å². The van der Waals surface area contributed by atoms with Gasteiger partial charge >= 0.3 is 12.0 Å². The maximum atomic E-state index is 12.9. The van der Waals surface area contributed by atoms with Crippen molar-refractivity contribution >= 4 is 34.2 Å². The summed E-state index contributed by atoms with van der Waals surface area (Å²) in [6.45, 7) is 5.90. The molecule has 0 saturated heterocycles. The molecule has 0 saturated carbocycles. The minimum atomic E-state index is -0.475. The van der Waals surface area contributed by atoms with Crippen molar-refractivity contribution in [2.75, 3.05) is 18.5 Å². The Labute approximate surface area is 167 Å². The SMILES string of the molecule is CCOC(=O)C1=CN(C(=O)Nc2c(C)noc2C)CCc2c1[nH]c1ccccc21. The first-order valence-corrected chi connectivity index (χ1v) is 9.49. The molecule has 1 aliphatic heterocycles. The van der Waals surface area contributed by atoms with Crippen molar-refractivity contribution in [3.05, 3.63) is 53.2 Å². The van der Waals surface area contributed by atoms with Gasteiger partial charge in [0.2, 0.25) is 0 Å². The average Bonchev–Trinajstić information content (AvgIpc) is 3.15. The second-order valence-electron chi connectivity index (χ2n) is 6.86. The van der Waals surface area contributed by atoms with Gasteiger partial charge in [-0.25, -0.2) is 9.59 Å². The molecule has 0 bridgehead atoms. The van der Waals surface area contributed by atoms with Gasteiger partial charge in [0, 0.05) is 23.6 Å². The first kappa shape index (κ1) is 18.8. The standard InChI is InChI=1S/C21H22N4O4/c1-4-28-20(26)16-11-25(21(27)23-18-12(2)24-29-13(18)3)10-9-15-14-7-5-6-8-17(14)22-19(15)16/h5-8,11,22H,4,9-10H2,1-3H3,(H,23,27). The van der Waals surface area contributed by atoms with Crippen LogP contribution in [0.4, 0.5) is 10.5 Å². The molecule has 0 atom stereocenters. The fourth-order valence-corrected chi connectivity index (χ4v) is 3.57. The lowest BCUT2D eigenvalue weighted by atomic mass is 10.0. The number of carbonyl (C=O) groups excluding carboxylic acids is 2. The Morgan fingerprint density at radius 3 is 2.83 bits per heavy atom. The Bertz CT molecular complexity index is 1110. The molecule has 0 radical (unpaired) electrons. The van der Waals surface area contributed by atoms with E-state index in [2.05, 4.69) is 15.5 Å². The number of hydrogen-bond donors (Lipinski definition) is 2. The molecule has 3 heterocycles. The average molecular weight is 394 g/mol. The van der Waals surface area contributed by atoms with Crippen LogP contribution in [0.1, 0.15) is 29.6 Å². The summed E-state index contributed by atoms with van der Waals surface area (Å²) in [5, 5.41) is 7.72. The largest absolute Gasteiger partial charge is 0.462 e. The number of para-hydroxylation sites is 1. The smallest absolute Gasteiger partial charge is 0.341 e. The predicted octanol–water partition coefficient (Wildman–Crippen LogP) is 3.77. The highest BCUT2D eigenvalue weighted by molar-refractivity contribution is 6.18. The Balaban J connectivity index is 1.73. The van der Waals surface area contributed by atoms with Gasteiger partial charge in [-0.3, -0.25) is 4.90 Å². The summed E-state index contributed by atoms with van der Waals surface area (Å²) in [5.74, 6) is 0.0498. The Kier molecular flexibility index (Phi) is 4.84. The molecule has 4 rings (SSSR count). The molecule has 3 aromatic rings. The molecule has 8 nitrogen and oxygen atoms in total. The van der Waals surface area contributed by atoms with Crippen molar-refractivity contribution < 1.29 is 18.8 Å². The number of carbonyl (C=O) groups is 2. The Morgan fingerprint density at radius 1 is 1.31 bits per heavy atom. The highest BCUT2D eigenvalue weighted by Crippen LogP contribution is 2.31. The second-order valence-corrected chi connectivity index (χ2v) is 6.86. The fraction of sp³-hybridized carbons (Fsp3) is 0.286. The van der Waals surface area contributed by atoms with E-state index in [1.54, 1.807) is 27.0 Å². The molecule has 1 aromatic carbocycles. The third kappa shape index (κ3) is 3.37. The number of amides is 2. The van der Waals surface area contributed by atoms with Gasteiger partial charge in [0.1, 0.15) is 11.4 Å². The van der Waals surface area contributed by atoms with Gasteiger partial charge in [-0.1, -0.05) is 23.4 Å². The van der Waals surface area contributed by atoms with Crippen LogP contribution in [0.15, 0.2) is 35.0 Å². The van der Waals surface area contributed by atoms with E-state index < -0.39 is 5.97 Å². The van der Waals surface area contributed by atoms with Crippen molar-refractivity contribution in [2.24, 2.45) is 0 Å². The Hall–Kier alpha value is -3.55. The third-order valence-electron chi connectivity index (χ3n) is 4.99. The van der Waals surface area contributed by atoms with Gasteiger partial charge in [-0.15, -0.1) is 0 Å². The van der Waals surface area contributed by atoms with E-state index in [0.717, 1.165) is 16.5 Å². The quantitative estimate of drug-likeness (QED) is 0.659. The highest BCUT2D eigenvalue weighted by atomic mass is 16.5. The maximum Gasteiger partial charge on any atom is 0.341 e. The summed E-state index contributed by atoms with van der Waals surface area (Å²) < 4.78 is 10.4. The van der Waals surface area contributed by atoms with E-state index in [9.17, 15) is 9.59 Å². The van der Waals surface area contributed by atoms with Crippen molar-refractivity contribution in [1.29, 1.82) is 0 Å². The van der Waals surface area contributed by atoms with Crippen molar-refractivity contribution in [3.8, 4) is 0 Å². The Morgan fingerprint density at radius 2 is 2.10 bits per heavy atom. The topological polar surface area (TPSA) is 100 Å². The highest BCUT2D eigenvalue weighted by Gasteiger charge is 2.27. The van der Waals surface area contributed by atoms with Crippen LogP contribution in [-0.2, 0) is 16.0 Å². The molecule has 29 heavy (non-hydrogen) atoms. The van der Waals surface area contributed by atoms with Gasteiger partial charge in [-0.05, 0) is 38.8 Å². The number of H-pyrrole nitrogens is 1. The lowest BCUT2D eigenvalue weighted by molar-refractivity contribution is -0.136. The molecular formula is C21H22N4O4. The number of rotatable bonds is 3. The van der Waals surface area contributed by atoms with Gasteiger partial charge in [-0.2, -0.15) is 0 Å². The molecule has 2 amide bonds. The van der Waals surface area contributed by atoms with Crippen molar-refractivity contribution in [2.45, 2.75) is 27.2 Å². The zero-order valence-electron chi connectivity index (χ0n) is 16.5. The molecule has 2 aromatic heterocycles. The monoisotopic (exact) mass is 394 g/mol. The molecule has 150 valence electrons. The van der Waals surface area contributed by atoms with E-state index >= 15 is 0 Å². The van der Waals surface area contributed by atoms with Gasteiger partial charge in [0.25, 0.3) is 0 Å². The van der Waals surface area contributed by atoms with Crippen LogP contribution >= 0.6 is 0 Å². The number of nitrogens with zero attached hydrogens (tertiary/aromatic N) is 2. The summed E-state index contributed by atoms with van der Waals surface area (Å²) >= 11 is 0. The minimum Gasteiger partial charge on any atom is -0.462 e. The van der Waals surface area contributed by atoms with Crippen LogP contribution < -0.4 is 5.32 Å². The first-order chi connectivity index (χ1) is 14.0. The van der Waals surface area contributed by atoms with E-state index in [-0.39, 0.29) is 12.6 Å². The molecule has 8 heteroatoms. The number of ether oxygens (including phenoxy) is 1. The minimum absolute atomic E-state index is 0.247. The number of hydrogen-bond acceptors (Lipinski definition) is 5.